The Balaban J connectivity index is 2.63. The summed E-state index contributed by atoms with van der Waals surface area (Å²) in [5.41, 5.74) is -0.982. The van der Waals surface area contributed by atoms with E-state index in [9.17, 15) is 50.4 Å². The predicted octanol–water partition coefficient (Wildman–Crippen LogP) is -3.77. The summed E-state index contributed by atoms with van der Waals surface area (Å²) in [6.07, 6.45) is -13.2. The summed E-state index contributed by atoms with van der Waals surface area (Å²) in [6, 6.07) is 0. The number of aliphatic hydroxyl groups excluding tert-OH is 10. The monoisotopic (exact) mass is 716 g/mol. The fourth-order valence-electron chi connectivity index (χ4n) is 4.39. The summed E-state index contributed by atoms with van der Waals surface area (Å²) in [5.74, 6) is -2.87. The molecule has 286 valence electrons. The van der Waals surface area contributed by atoms with Crippen LogP contribution in [0.5, 0.6) is 0 Å². The number of ether oxygens (including phenoxy) is 6. The smallest absolute Gasteiger partial charge is 0.221 e. The van der Waals surface area contributed by atoms with Gasteiger partial charge in [0.2, 0.25) is 11.8 Å². The lowest BCUT2D eigenvalue weighted by Gasteiger charge is -2.41. The highest BCUT2D eigenvalue weighted by molar-refractivity contribution is 5.75. The van der Waals surface area contributed by atoms with Gasteiger partial charge in [0.15, 0.2) is 18.9 Å². The molecule has 12 N–H and O–H groups in total. The molecule has 0 aromatic carbocycles. The van der Waals surface area contributed by atoms with Crippen LogP contribution in [0.1, 0.15) is 39.5 Å². The Labute approximate surface area is 283 Å². The quantitative estimate of drug-likeness (QED) is 0.0259. The maximum atomic E-state index is 11.5. The van der Waals surface area contributed by atoms with Crippen LogP contribution in [-0.4, -0.2) is 172 Å². The van der Waals surface area contributed by atoms with Crippen molar-refractivity contribution in [3.8, 4) is 0 Å². The highest BCUT2D eigenvalue weighted by Crippen LogP contribution is 2.25. The van der Waals surface area contributed by atoms with Crippen LogP contribution in [0.3, 0.4) is 0 Å². The lowest BCUT2D eigenvalue weighted by atomic mass is 9.99. The van der Waals surface area contributed by atoms with E-state index in [1.54, 1.807) is 0 Å². The molecule has 49 heavy (non-hydrogen) atoms. The number of carbonyl (C=O) groups is 2. The summed E-state index contributed by atoms with van der Waals surface area (Å²) in [7, 11) is 1.27. The SMILES string of the molecule is COC1OC(COCCCOC(O)/C(NC(C)=O)=C(/O)C(O)CCO)C(O)C(OCCCOC(O)/C(NC(C)=O)=C(\O)C(O)CCO)C1O. The van der Waals surface area contributed by atoms with Crippen molar-refractivity contribution >= 4 is 11.8 Å². The molecule has 0 aromatic heterocycles. The van der Waals surface area contributed by atoms with E-state index in [1.807, 2.05) is 0 Å². The molecule has 0 bridgehead atoms. The highest BCUT2D eigenvalue weighted by Gasteiger charge is 2.45. The standard InChI is InChI=1S/C29H52N2O18/c1-15(34)30-20(22(38)17(36)6-8-32)27(42)47-12-4-10-45-14-19-24(40)26(25(41)29(44-3)49-19)46-11-5-13-48-28(43)21(31-16(2)35)23(39)18(37)7-9-33/h17-19,24-29,32-33,36-43H,4-14H2,1-3H3,(H,30,34)(H,31,35)/b22-20-,23-21+. The van der Waals surface area contributed by atoms with E-state index in [-0.39, 0.29) is 58.7 Å². The third-order valence-electron chi connectivity index (χ3n) is 6.84. The van der Waals surface area contributed by atoms with E-state index in [2.05, 4.69) is 10.6 Å². The van der Waals surface area contributed by atoms with Crippen molar-refractivity contribution < 1.29 is 89.1 Å². The molecule has 0 spiro atoms. The van der Waals surface area contributed by atoms with Gasteiger partial charge in [-0.1, -0.05) is 0 Å². The third kappa shape index (κ3) is 15.5. The number of carbonyl (C=O) groups excluding carboxylic acids is 2. The fraction of sp³-hybridized carbons (Fsp3) is 0.793. The minimum atomic E-state index is -1.85. The Morgan fingerprint density at radius 1 is 0.755 bits per heavy atom. The molecule has 9 unspecified atom stereocenters. The first-order chi connectivity index (χ1) is 23.2. The minimum Gasteiger partial charge on any atom is -0.508 e. The molecule has 20 nitrogen and oxygen atoms in total. The maximum absolute atomic E-state index is 11.5. The zero-order valence-electron chi connectivity index (χ0n) is 27.7. The van der Waals surface area contributed by atoms with Gasteiger partial charge >= 0.3 is 0 Å². The van der Waals surface area contributed by atoms with Crippen molar-refractivity contribution in [2.24, 2.45) is 0 Å². The molecule has 20 heteroatoms. The van der Waals surface area contributed by atoms with Crippen LogP contribution in [0.15, 0.2) is 22.9 Å². The number of hydrogen-bond donors (Lipinski definition) is 12. The summed E-state index contributed by atoms with van der Waals surface area (Å²) >= 11 is 0. The number of aliphatic hydroxyl groups is 10. The first-order valence-corrected chi connectivity index (χ1v) is 15.5. The second-order valence-electron chi connectivity index (χ2n) is 10.8. The molecule has 1 heterocycles. The van der Waals surface area contributed by atoms with Crippen LogP contribution in [0.2, 0.25) is 0 Å². The molecular weight excluding hydrogens is 664 g/mol. The molecule has 1 saturated heterocycles. The van der Waals surface area contributed by atoms with E-state index in [1.165, 1.54) is 7.11 Å². The number of rotatable bonds is 24. The van der Waals surface area contributed by atoms with E-state index >= 15 is 0 Å². The first kappa shape index (κ1) is 44.5. The van der Waals surface area contributed by atoms with Crippen LogP contribution in [0.25, 0.3) is 0 Å². The van der Waals surface area contributed by atoms with E-state index < -0.39 is 103 Å². The molecule has 1 rings (SSSR count). The Kier molecular flexibility index (Phi) is 21.6. The lowest BCUT2D eigenvalue weighted by molar-refractivity contribution is -0.303. The van der Waals surface area contributed by atoms with E-state index in [0.717, 1.165) is 13.8 Å². The van der Waals surface area contributed by atoms with Crippen LogP contribution in [0, 0.1) is 0 Å². The predicted molar refractivity (Wildman–Crippen MR) is 164 cm³/mol. The molecule has 2 amide bonds. The van der Waals surface area contributed by atoms with Gasteiger partial charge in [-0.15, -0.1) is 0 Å². The molecule has 1 fully saturated rings. The molecule has 9 atom stereocenters. The molecule has 0 radical (unpaired) electrons. The zero-order chi connectivity index (χ0) is 37.1. The average Bonchev–Trinajstić information content (AvgIpc) is 3.05. The van der Waals surface area contributed by atoms with Gasteiger partial charge < -0.3 is 90.1 Å². The van der Waals surface area contributed by atoms with Gasteiger partial charge in [-0.25, -0.2) is 0 Å². The highest BCUT2D eigenvalue weighted by atomic mass is 16.7. The van der Waals surface area contributed by atoms with Crippen molar-refractivity contribution in [2.45, 2.75) is 95.0 Å². The molecule has 1 aliphatic rings. The van der Waals surface area contributed by atoms with Crippen molar-refractivity contribution in [1.82, 2.24) is 10.6 Å². The summed E-state index contributed by atoms with van der Waals surface area (Å²) in [4.78, 5) is 22.9. The van der Waals surface area contributed by atoms with Crippen molar-refractivity contribution in [3.63, 3.8) is 0 Å². The largest absolute Gasteiger partial charge is 0.508 e. The second kappa shape index (κ2) is 23.8. The van der Waals surface area contributed by atoms with Gasteiger partial charge in [0.1, 0.15) is 59.5 Å². The van der Waals surface area contributed by atoms with Crippen molar-refractivity contribution in [1.29, 1.82) is 0 Å². The summed E-state index contributed by atoms with van der Waals surface area (Å²) in [5, 5.41) is 104. The van der Waals surface area contributed by atoms with Crippen molar-refractivity contribution in [2.75, 3.05) is 53.4 Å². The van der Waals surface area contributed by atoms with Crippen LogP contribution < -0.4 is 10.6 Å². The first-order valence-electron chi connectivity index (χ1n) is 15.5. The van der Waals surface area contributed by atoms with Crippen LogP contribution >= 0.6 is 0 Å². The maximum Gasteiger partial charge on any atom is 0.221 e. The fourth-order valence-corrected chi connectivity index (χ4v) is 4.39. The van der Waals surface area contributed by atoms with Gasteiger partial charge in [-0.3, -0.25) is 9.59 Å². The summed E-state index contributed by atoms with van der Waals surface area (Å²) < 4.78 is 32.4. The lowest BCUT2D eigenvalue weighted by Crippen LogP contribution is -2.60. The van der Waals surface area contributed by atoms with Gasteiger partial charge in [0, 0.05) is 60.2 Å². The van der Waals surface area contributed by atoms with Gasteiger partial charge in [0.05, 0.1) is 19.8 Å². The normalized spacial score (nSPS) is 24.7. The molecule has 0 saturated carbocycles. The topological polar surface area (TPSA) is 316 Å². The van der Waals surface area contributed by atoms with Crippen LogP contribution in [-0.2, 0) is 38.0 Å². The zero-order valence-corrected chi connectivity index (χ0v) is 27.7. The minimum absolute atomic E-state index is 0.0322. The Hall–Kier alpha value is -2.54. The van der Waals surface area contributed by atoms with Gasteiger partial charge in [-0.05, 0) is 12.8 Å². The molecule has 0 aromatic rings. The van der Waals surface area contributed by atoms with Crippen molar-refractivity contribution in [3.05, 3.63) is 22.9 Å². The van der Waals surface area contributed by atoms with E-state index in [4.69, 9.17) is 38.6 Å². The third-order valence-corrected chi connectivity index (χ3v) is 6.84. The molecular formula is C29H52N2O18. The van der Waals surface area contributed by atoms with Crippen LogP contribution in [0.4, 0.5) is 0 Å². The number of nitrogens with one attached hydrogen (secondary N) is 2. The number of hydrogen-bond acceptors (Lipinski definition) is 18. The van der Waals surface area contributed by atoms with E-state index in [0.29, 0.717) is 0 Å². The Bertz CT molecular complexity index is 1040. The molecule has 1 aliphatic heterocycles. The Morgan fingerprint density at radius 2 is 1.22 bits per heavy atom. The second-order valence-corrected chi connectivity index (χ2v) is 10.8. The molecule has 0 aliphatic carbocycles. The average molecular weight is 717 g/mol. The number of amides is 2. The Morgan fingerprint density at radius 3 is 1.65 bits per heavy atom. The number of methoxy groups -OCH3 is 1. The van der Waals surface area contributed by atoms with Gasteiger partial charge in [-0.2, -0.15) is 0 Å². The summed E-state index contributed by atoms with van der Waals surface area (Å²) in [6.45, 7) is 0.724. The van der Waals surface area contributed by atoms with Gasteiger partial charge in [0.25, 0.3) is 0 Å².